The van der Waals surface area contributed by atoms with Crippen LogP contribution in [0.25, 0.3) is 0 Å². The smallest absolute Gasteiger partial charge is 0.339 e. The zero-order valence-electron chi connectivity index (χ0n) is 6.60. The summed E-state index contributed by atoms with van der Waals surface area (Å²) in [5.41, 5.74) is -1.81. The number of carboxylic acid groups (broad SMARTS) is 1. The van der Waals surface area contributed by atoms with Crippen LogP contribution >= 0.6 is 15.9 Å². The first-order valence-electron chi connectivity index (χ1n) is 3.44. The van der Waals surface area contributed by atoms with E-state index in [0.29, 0.717) is 0 Å². The molecule has 0 aliphatic carbocycles. The first kappa shape index (κ1) is 11.0. The van der Waals surface area contributed by atoms with Crippen LogP contribution in [-0.4, -0.2) is 11.1 Å². The Bertz CT molecular complexity index is 379. The summed E-state index contributed by atoms with van der Waals surface area (Å²) in [5.74, 6) is -2.89. The molecule has 0 bridgehead atoms. The minimum atomic E-state index is -3.01. The van der Waals surface area contributed by atoms with E-state index in [1.54, 1.807) is 0 Å². The molecule has 1 rings (SSSR count). The van der Waals surface area contributed by atoms with Gasteiger partial charge >= 0.3 is 5.97 Å². The molecule has 2 nitrogen and oxygen atoms in total. The second kappa shape index (κ2) is 4.00. The summed E-state index contributed by atoms with van der Waals surface area (Å²) in [6.07, 6.45) is -3.01. The first-order valence-corrected chi connectivity index (χ1v) is 4.23. The van der Waals surface area contributed by atoms with E-state index in [-0.39, 0.29) is 4.47 Å². The predicted octanol–water partition coefficient (Wildman–Crippen LogP) is 3.22. The van der Waals surface area contributed by atoms with Crippen molar-refractivity contribution >= 4 is 21.9 Å². The number of alkyl halides is 2. The van der Waals surface area contributed by atoms with Gasteiger partial charge in [0.2, 0.25) is 0 Å². The van der Waals surface area contributed by atoms with Crippen LogP contribution in [0, 0.1) is 5.82 Å². The molecule has 0 heterocycles. The van der Waals surface area contributed by atoms with Gasteiger partial charge in [-0.1, -0.05) is 6.07 Å². The third-order valence-corrected chi connectivity index (χ3v) is 2.19. The van der Waals surface area contributed by atoms with E-state index in [2.05, 4.69) is 15.9 Å². The Hall–Kier alpha value is -1.04. The molecule has 0 saturated heterocycles. The van der Waals surface area contributed by atoms with E-state index in [1.165, 1.54) is 0 Å². The van der Waals surface area contributed by atoms with E-state index in [9.17, 15) is 18.0 Å². The molecule has 0 saturated carbocycles. The van der Waals surface area contributed by atoms with E-state index in [1.807, 2.05) is 0 Å². The Labute approximate surface area is 85.5 Å². The number of carbonyl (C=O) groups is 1. The van der Waals surface area contributed by atoms with Crippen molar-refractivity contribution in [2.24, 2.45) is 0 Å². The van der Waals surface area contributed by atoms with Crippen molar-refractivity contribution in [3.05, 3.63) is 33.5 Å². The molecule has 0 aliphatic rings. The highest BCUT2D eigenvalue weighted by atomic mass is 79.9. The van der Waals surface area contributed by atoms with Crippen LogP contribution in [0.4, 0.5) is 13.2 Å². The molecule has 76 valence electrons. The maximum atomic E-state index is 13.1. The fourth-order valence-electron chi connectivity index (χ4n) is 0.965. The summed E-state index contributed by atoms with van der Waals surface area (Å²) in [5, 5.41) is 8.53. The molecule has 0 fully saturated rings. The van der Waals surface area contributed by atoms with Gasteiger partial charge in [0, 0.05) is 5.56 Å². The highest BCUT2D eigenvalue weighted by Gasteiger charge is 2.23. The highest BCUT2D eigenvalue weighted by molar-refractivity contribution is 9.10. The van der Waals surface area contributed by atoms with E-state index in [0.717, 1.165) is 12.1 Å². The lowest BCUT2D eigenvalue weighted by Crippen LogP contribution is -2.07. The zero-order chi connectivity index (χ0) is 10.9. The number of aromatic carboxylic acids is 1. The zero-order valence-corrected chi connectivity index (χ0v) is 8.19. The summed E-state index contributed by atoms with van der Waals surface area (Å²) in [6, 6.07) is 1.92. The fourth-order valence-corrected chi connectivity index (χ4v) is 1.30. The summed E-state index contributed by atoms with van der Waals surface area (Å²) < 4.78 is 37.5. The molecule has 0 amide bonds. The van der Waals surface area contributed by atoms with Crippen LogP contribution in [-0.2, 0) is 0 Å². The molecule has 14 heavy (non-hydrogen) atoms. The van der Waals surface area contributed by atoms with Gasteiger partial charge in [-0.05, 0) is 22.0 Å². The Morgan fingerprint density at radius 1 is 1.43 bits per heavy atom. The molecule has 0 aromatic heterocycles. The highest BCUT2D eigenvalue weighted by Crippen LogP contribution is 2.29. The van der Waals surface area contributed by atoms with Gasteiger partial charge in [0.25, 0.3) is 6.43 Å². The molecule has 0 atom stereocenters. The van der Waals surface area contributed by atoms with Crippen LogP contribution in [0.1, 0.15) is 22.3 Å². The van der Waals surface area contributed by atoms with Crippen LogP contribution in [0.2, 0.25) is 0 Å². The Morgan fingerprint density at radius 3 is 2.43 bits per heavy atom. The van der Waals surface area contributed by atoms with E-state index in [4.69, 9.17) is 5.11 Å². The summed E-state index contributed by atoms with van der Waals surface area (Å²) in [4.78, 5) is 10.5. The topological polar surface area (TPSA) is 37.3 Å². The second-order valence-electron chi connectivity index (χ2n) is 2.43. The lowest BCUT2D eigenvalue weighted by Gasteiger charge is -2.06. The van der Waals surface area contributed by atoms with Crippen molar-refractivity contribution in [3.8, 4) is 0 Å². The van der Waals surface area contributed by atoms with E-state index >= 15 is 0 Å². The molecular weight excluding hydrogens is 265 g/mol. The van der Waals surface area contributed by atoms with Gasteiger partial charge in [0.15, 0.2) is 5.82 Å². The average molecular weight is 269 g/mol. The van der Waals surface area contributed by atoms with Crippen molar-refractivity contribution < 1.29 is 23.1 Å². The van der Waals surface area contributed by atoms with Gasteiger partial charge < -0.3 is 5.11 Å². The lowest BCUT2D eigenvalue weighted by atomic mass is 10.1. The minimum Gasteiger partial charge on any atom is -0.478 e. The number of halogens is 4. The van der Waals surface area contributed by atoms with Crippen molar-refractivity contribution in [1.29, 1.82) is 0 Å². The summed E-state index contributed by atoms with van der Waals surface area (Å²) in [7, 11) is 0. The van der Waals surface area contributed by atoms with Crippen molar-refractivity contribution in [1.82, 2.24) is 0 Å². The summed E-state index contributed by atoms with van der Waals surface area (Å²) in [6.45, 7) is 0. The lowest BCUT2D eigenvalue weighted by molar-refractivity contribution is 0.0678. The van der Waals surface area contributed by atoms with Gasteiger partial charge in [-0.25, -0.2) is 18.0 Å². The molecule has 6 heteroatoms. The maximum Gasteiger partial charge on any atom is 0.339 e. The van der Waals surface area contributed by atoms with Crippen molar-refractivity contribution in [3.63, 3.8) is 0 Å². The Balaban J connectivity index is 3.45. The molecule has 0 unspecified atom stereocenters. The standard InChI is InChI=1S/C8H4BrF3O2/c9-4-2-1-3(7(11)12)5(6(4)10)8(13)14/h1-2,7H,(H,13,14). The van der Waals surface area contributed by atoms with Gasteiger partial charge in [0.05, 0.1) is 4.47 Å². The number of hydrogen-bond donors (Lipinski definition) is 1. The molecule has 0 aliphatic heterocycles. The van der Waals surface area contributed by atoms with Crippen LogP contribution in [0.5, 0.6) is 0 Å². The number of carboxylic acids is 1. The third kappa shape index (κ3) is 1.89. The first-order chi connectivity index (χ1) is 6.45. The van der Waals surface area contributed by atoms with Gasteiger partial charge in [0.1, 0.15) is 5.56 Å². The number of hydrogen-bond acceptors (Lipinski definition) is 1. The quantitative estimate of drug-likeness (QED) is 0.894. The number of benzene rings is 1. The van der Waals surface area contributed by atoms with Crippen molar-refractivity contribution in [2.45, 2.75) is 6.43 Å². The third-order valence-electron chi connectivity index (χ3n) is 1.58. The predicted molar refractivity (Wildman–Crippen MR) is 46.0 cm³/mol. The molecule has 0 radical (unpaired) electrons. The average Bonchev–Trinajstić information content (AvgIpc) is 2.08. The van der Waals surface area contributed by atoms with Crippen LogP contribution < -0.4 is 0 Å². The summed E-state index contributed by atoms with van der Waals surface area (Å²) >= 11 is 2.71. The van der Waals surface area contributed by atoms with Gasteiger partial charge in [-0.15, -0.1) is 0 Å². The number of rotatable bonds is 2. The second-order valence-corrected chi connectivity index (χ2v) is 3.29. The maximum absolute atomic E-state index is 13.1. The van der Waals surface area contributed by atoms with Crippen LogP contribution in [0.3, 0.4) is 0 Å². The normalized spacial score (nSPS) is 10.6. The van der Waals surface area contributed by atoms with Crippen molar-refractivity contribution in [2.75, 3.05) is 0 Å². The van der Waals surface area contributed by atoms with E-state index < -0.39 is 29.3 Å². The molecular formula is C8H4BrF3O2. The van der Waals surface area contributed by atoms with Gasteiger partial charge in [-0.3, -0.25) is 0 Å². The SMILES string of the molecule is O=C(O)c1c(C(F)F)ccc(Br)c1F. The Kier molecular flexibility index (Phi) is 3.15. The van der Waals surface area contributed by atoms with Gasteiger partial charge in [-0.2, -0.15) is 0 Å². The molecule has 1 aromatic carbocycles. The molecule has 1 aromatic rings. The van der Waals surface area contributed by atoms with Crippen LogP contribution in [0.15, 0.2) is 16.6 Å². The largest absolute Gasteiger partial charge is 0.478 e. The monoisotopic (exact) mass is 268 g/mol. The minimum absolute atomic E-state index is 0.153. The fraction of sp³-hybridized carbons (Fsp3) is 0.125. The molecule has 0 spiro atoms. The molecule has 1 N–H and O–H groups in total. The Morgan fingerprint density at radius 2 is 2.00 bits per heavy atom.